The van der Waals surface area contributed by atoms with Gasteiger partial charge in [0.05, 0.1) is 5.02 Å². The summed E-state index contributed by atoms with van der Waals surface area (Å²) in [5.74, 6) is 0.447. The minimum absolute atomic E-state index is 0.300. The number of hydrogen-bond donors (Lipinski definition) is 1. The van der Waals surface area contributed by atoms with E-state index >= 15 is 0 Å². The first kappa shape index (κ1) is 17.5. The third-order valence-electron chi connectivity index (χ3n) is 3.86. The Labute approximate surface area is 152 Å². The average Bonchev–Trinajstić information content (AvgIpc) is 2.63. The van der Waals surface area contributed by atoms with Crippen molar-refractivity contribution >= 4 is 11.6 Å². The van der Waals surface area contributed by atoms with E-state index in [2.05, 4.69) is 17.4 Å². The molecule has 2 nitrogen and oxygen atoms in total. The molecule has 0 fully saturated rings. The minimum Gasteiger partial charge on any atom is -0.489 e. The standard InChI is InChI=1S/C21H19ClFNO/c22-20-12-19(23)11-10-18(20)15-25-21-9-5-4-8-17(21)14-24-13-16-6-2-1-3-7-16/h1-12,24H,13-15H2. The van der Waals surface area contributed by atoms with Crippen LogP contribution in [0.2, 0.25) is 5.02 Å². The third-order valence-corrected chi connectivity index (χ3v) is 4.21. The van der Waals surface area contributed by atoms with Gasteiger partial charge in [0.25, 0.3) is 0 Å². The molecule has 0 spiro atoms. The molecule has 128 valence electrons. The van der Waals surface area contributed by atoms with Crippen LogP contribution in [0.5, 0.6) is 5.75 Å². The maximum atomic E-state index is 13.1. The van der Waals surface area contributed by atoms with E-state index in [-0.39, 0.29) is 5.82 Å². The maximum absolute atomic E-state index is 13.1. The first-order valence-electron chi connectivity index (χ1n) is 8.11. The molecular weight excluding hydrogens is 337 g/mol. The molecule has 3 aromatic carbocycles. The van der Waals surface area contributed by atoms with Gasteiger partial charge in [0, 0.05) is 24.2 Å². The summed E-state index contributed by atoms with van der Waals surface area (Å²) in [5, 5.41) is 3.79. The third kappa shape index (κ3) is 5.05. The number of benzene rings is 3. The van der Waals surface area contributed by atoms with Crippen LogP contribution in [0.25, 0.3) is 0 Å². The molecule has 0 unspecified atom stereocenters. The predicted octanol–water partition coefficient (Wildman–Crippen LogP) is 5.35. The van der Waals surface area contributed by atoms with Crippen LogP contribution in [0.3, 0.4) is 0 Å². The van der Waals surface area contributed by atoms with E-state index in [0.29, 0.717) is 18.2 Å². The Hall–Kier alpha value is -2.36. The molecule has 0 radical (unpaired) electrons. The summed E-state index contributed by atoms with van der Waals surface area (Å²) in [6.45, 7) is 1.79. The lowest BCUT2D eigenvalue weighted by atomic mass is 10.2. The highest BCUT2D eigenvalue weighted by Crippen LogP contribution is 2.22. The van der Waals surface area contributed by atoms with Crippen molar-refractivity contribution in [1.29, 1.82) is 0 Å². The zero-order chi connectivity index (χ0) is 17.5. The highest BCUT2D eigenvalue weighted by atomic mass is 35.5. The van der Waals surface area contributed by atoms with Crippen LogP contribution in [-0.2, 0) is 19.7 Å². The number of ether oxygens (including phenoxy) is 1. The molecule has 0 aliphatic carbocycles. The van der Waals surface area contributed by atoms with Gasteiger partial charge in [0.1, 0.15) is 18.2 Å². The lowest BCUT2D eigenvalue weighted by Crippen LogP contribution is -2.13. The summed E-state index contributed by atoms with van der Waals surface area (Å²) < 4.78 is 19.0. The molecular formula is C21H19ClFNO. The molecule has 0 amide bonds. The number of hydrogen-bond acceptors (Lipinski definition) is 2. The topological polar surface area (TPSA) is 21.3 Å². The number of halogens is 2. The average molecular weight is 356 g/mol. The lowest BCUT2D eigenvalue weighted by Gasteiger charge is -2.13. The highest BCUT2D eigenvalue weighted by Gasteiger charge is 2.06. The number of para-hydroxylation sites is 1. The predicted molar refractivity (Wildman–Crippen MR) is 99.2 cm³/mol. The van der Waals surface area contributed by atoms with Crippen molar-refractivity contribution in [1.82, 2.24) is 5.32 Å². The van der Waals surface area contributed by atoms with Crippen molar-refractivity contribution in [3.05, 3.63) is 100 Å². The molecule has 4 heteroatoms. The molecule has 3 aromatic rings. The van der Waals surface area contributed by atoms with Gasteiger partial charge in [-0.05, 0) is 23.8 Å². The molecule has 0 saturated carbocycles. The smallest absolute Gasteiger partial charge is 0.124 e. The molecule has 1 N–H and O–H groups in total. The van der Waals surface area contributed by atoms with Crippen LogP contribution in [-0.4, -0.2) is 0 Å². The second-order valence-corrected chi connectivity index (χ2v) is 6.13. The first-order valence-corrected chi connectivity index (χ1v) is 8.49. The van der Waals surface area contributed by atoms with Gasteiger partial charge in [-0.1, -0.05) is 66.2 Å². The molecule has 0 aliphatic heterocycles. The van der Waals surface area contributed by atoms with Gasteiger partial charge < -0.3 is 10.1 Å². The summed E-state index contributed by atoms with van der Waals surface area (Å²) in [4.78, 5) is 0. The van der Waals surface area contributed by atoms with Gasteiger partial charge in [-0.3, -0.25) is 0 Å². The molecule has 3 rings (SSSR count). The van der Waals surface area contributed by atoms with E-state index in [1.165, 1.54) is 17.7 Å². The van der Waals surface area contributed by atoms with E-state index in [0.717, 1.165) is 23.4 Å². The SMILES string of the molecule is Fc1ccc(COc2ccccc2CNCc2ccccc2)c(Cl)c1. The van der Waals surface area contributed by atoms with Crippen LogP contribution < -0.4 is 10.1 Å². The largest absolute Gasteiger partial charge is 0.489 e. The van der Waals surface area contributed by atoms with Crippen molar-refractivity contribution in [2.75, 3.05) is 0 Å². The highest BCUT2D eigenvalue weighted by molar-refractivity contribution is 6.31. The molecule has 0 bridgehead atoms. The summed E-state index contributed by atoms with van der Waals surface area (Å²) in [5.41, 5.74) is 3.06. The van der Waals surface area contributed by atoms with Gasteiger partial charge in [-0.2, -0.15) is 0 Å². The van der Waals surface area contributed by atoms with Crippen molar-refractivity contribution in [2.45, 2.75) is 19.7 Å². The molecule has 25 heavy (non-hydrogen) atoms. The van der Waals surface area contributed by atoms with E-state index in [4.69, 9.17) is 16.3 Å². The van der Waals surface area contributed by atoms with Crippen molar-refractivity contribution in [2.24, 2.45) is 0 Å². The normalized spacial score (nSPS) is 10.6. The maximum Gasteiger partial charge on any atom is 0.124 e. The summed E-state index contributed by atoms with van der Waals surface area (Å²) in [7, 11) is 0. The Morgan fingerprint density at radius 2 is 1.60 bits per heavy atom. The molecule has 0 saturated heterocycles. The van der Waals surface area contributed by atoms with Gasteiger partial charge in [-0.15, -0.1) is 0 Å². The van der Waals surface area contributed by atoms with Crippen molar-refractivity contribution in [3.8, 4) is 5.75 Å². The quantitative estimate of drug-likeness (QED) is 0.617. The van der Waals surface area contributed by atoms with E-state index in [1.807, 2.05) is 42.5 Å². The fraction of sp³-hybridized carbons (Fsp3) is 0.143. The fourth-order valence-electron chi connectivity index (χ4n) is 2.52. The Morgan fingerprint density at radius 1 is 0.840 bits per heavy atom. The molecule has 0 heterocycles. The van der Waals surface area contributed by atoms with Crippen molar-refractivity contribution < 1.29 is 9.13 Å². The van der Waals surface area contributed by atoms with Gasteiger partial charge in [0.2, 0.25) is 0 Å². The monoisotopic (exact) mass is 355 g/mol. The van der Waals surface area contributed by atoms with Crippen LogP contribution in [0.15, 0.2) is 72.8 Å². The zero-order valence-electron chi connectivity index (χ0n) is 13.7. The summed E-state index contributed by atoms with van der Waals surface area (Å²) in [6, 6.07) is 22.4. The Balaban J connectivity index is 1.60. The van der Waals surface area contributed by atoms with Gasteiger partial charge in [0.15, 0.2) is 0 Å². The van der Waals surface area contributed by atoms with Crippen molar-refractivity contribution in [3.63, 3.8) is 0 Å². The minimum atomic E-state index is -0.348. The Bertz CT molecular complexity index is 823. The lowest BCUT2D eigenvalue weighted by molar-refractivity contribution is 0.302. The van der Waals surface area contributed by atoms with Crippen LogP contribution in [0.1, 0.15) is 16.7 Å². The zero-order valence-corrected chi connectivity index (χ0v) is 14.5. The second-order valence-electron chi connectivity index (χ2n) is 5.72. The molecule has 0 aliphatic rings. The van der Waals surface area contributed by atoms with Crippen LogP contribution in [0.4, 0.5) is 4.39 Å². The Morgan fingerprint density at radius 3 is 2.40 bits per heavy atom. The number of rotatable bonds is 7. The van der Waals surface area contributed by atoms with E-state index < -0.39 is 0 Å². The molecule has 0 atom stereocenters. The number of nitrogens with one attached hydrogen (secondary N) is 1. The summed E-state index contributed by atoms with van der Waals surface area (Å²) >= 11 is 6.05. The second kappa shape index (κ2) is 8.65. The van der Waals surface area contributed by atoms with Crippen LogP contribution in [0, 0.1) is 5.82 Å². The van der Waals surface area contributed by atoms with Gasteiger partial charge >= 0.3 is 0 Å². The first-order chi connectivity index (χ1) is 12.2. The van der Waals surface area contributed by atoms with Crippen LogP contribution >= 0.6 is 11.6 Å². The molecule has 0 aromatic heterocycles. The van der Waals surface area contributed by atoms with E-state index in [1.54, 1.807) is 6.07 Å². The summed E-state index contributed by atoms with van der Waals surface area (Å²) in [6.07, 6.45) is 0. The Kier molecular flexibility index (Phi) is 6.04. The van der Waals surface area contributed by atoms with E-state index in [9.17, 15) is 4.39 Å². The fourth-order valence-corrected chi connectivity index (χ4v) is 2.74. The van der Waals surface area contributed by atoms with Gasteiger partial charge in [-0.25, -0.2) is 4.39 Å².